The van der Waals surface area contributed by atoms with Crippen LogP contribution in [-0.4, -0.2) is 7.05 Å². The van der Waals surface area contributed by atoms with Gasteiger partial charge in [0.2, 0.25) is 0 Å². The summed E-state index contributed by atoms with van der Waals surface area (Å²) in [6.07, 6.45) is 1.04. The van der Waals surface area contributed by atoms with E-state index >= 15 is 0 Å². The van der Waals surface area contributed by atoms with Gasteiger partial charge < -0.3 is 5.32 Å². The van der Waals surface area contributed by atoms with Crippen molar-refractivity contribution in [2.45, 2.75) is 47.1 Å². The van der Waals surface area contributed by atoms with Gasteiger partial charge in [0, 0.05) is 6.04 Å². The second kappa shape index (κ2) is 6.44. The van der Waals surface area contributed by atoms with Crippen LogP contribution in [0.1, 0.15) is 45.0 Å². The van der Waals surface area contributed by atoms with Crippen molar-refractivity contribution >= 4 is 0 Å². The lowest BCUT2D eigenvalue weighted by molar-refractivity contribution is 0.583. The second-order valence-electron chi connectivity index (χ2n) is 6.23. The lowest BCUT2D eigenvalue weighted by Gasteiger charge is -2.23. The molecule has 0 aliphatic carbocycles. The fraction of sp³-hybridized carbons (Fsp3) is 0.400. The molecule has 0 spiro atoms. The normalized spacial score (nSPS) is 12.5. The molecule has 2 rings (SSSR count). The maximum atomic E-state index is 3.52. The topological polar surface area (TPSA) is 12.0 Å². The molecule has 21 heavy (non-hydrogen) atoms. The van der Waals surface area contributed by atoms with Crippen LogP contribution in [0.4, 0.5) is 0 Å². The molecule has 1 unspecified atom stereocenters. The van der Waals surface area contributed by atoms with E-state index in [0.717, 1.165) is 6.42 Å². The second-order valence-corrected chi connectivity index (χ2v) is 6.23. The summed E-state index contributed by atoms with van der Waals surface area (Å²) in [6.45, 7) is 11.0. The van der Waals surface area contributed by atoms with Crippen LogP contribution in [0, 0.1) is 34.6 Å². The maximum Gasteiger partial charge on any atom is 0.0363 e. The molecule has 0 saturated heterocycles. The molecular weight excluding hydrogens is 254 g/mol. The molecule has 0 heterocycles. The Labute approximate surface area is 129 Å². The standard InChI is InChI=1S/C20H27N/c1-13-10-16(4)18(17(5)11-13)12-19(21-6)20-14(2)8-7-9-15(20)3/h7-11,19,21H,12H2,1-6H3. The van der Waals surface area contributed by atoms with Crippen LogP contribution >= 0.6 is 0 Å². The van der Waals surface area contributed by atoms with Gasteiger partial charge in [-0.1, -0.05) is 35.9 Å². The van der Waals surface area contributed by atoms with E-state index in [1.54, 1.807) is 0 Å². The Morgan fingerprint density at radius 1 is 0.857 bits per heavy atom. The summed E-state index contributed by atoms with van der Waals surface area (Å²) in [6, 6.07) is 11.5. The number of hydrogen-bond donors (Lipinski definition) is 1. The molecule has 0 aliphatic rings. The molecule has 0 saturated carbocycles. The summed E-state index contributed by atoms with van der Waals surface area (Å²) in [5.41, 5.74) is 9.82. The first kappa shape index (κ1) is 15.8. The zero-order valence-electron chi connectivity index (χ0n) is 14.2. The monoisotopic (exact) mass is 281 g/mol. The fourth-order valence-electron chi connectivity index (χ4n) is 3.46. The average molecular weight is 281 g/mol. The summed E-state index contributed by atoms with van der Waals surface area (Å²) in [4.78, 5) is 0. The Balaban J connectivity index is 2.41. The van der Waals surface area contributed by atoms with Gasteiger partial charge in [-0.15, -0.1) is 0 Å². The number of nitrogens with one attached hydrogen (secondary N) is 1. The van der Waals surface area contributed by atoms with E-state index in [4.69, 9.17) is 0 Å². The number of aryl methyl sites for hydroxylation is 5. The van der Waals surface area contributed by atoms with Crippen LogP contribution < -0.4 is 5.32 Å². The number of rotatable bonds is 4. The molecule has 2 aromatic carbocycles. The zero-order valence-corrected chi connectivity index (χ0v) is 14.2. The van der Waals surface area contributed by atoms with Gasteiger partial charge in [-0.05, 0) is 81.5 Å². The summed E-state index contributed by atoms with van der Waals surface area (Å²) in [5, 5.41) is 3.52. The predicted octanol–water partition coefficient (Wildman–Crippen LogP) is 4.73. The molecule has 0 amide bonds. The summed E-state index contributed by atoms with van der Waals surface area (Å²) in [5.74, 6) is 0. The molecule has 2 aromatic rings. The van der Waals surface area contributed by atoms with E-state index in [9.17, 15) is 0 Å². The highest BCUT2D eigenvalue weighted by atomic mass is 14.9. The predicted molar refractivity (Wildman–Crippen MR) is 92.1 cm³/mol. The molecule has 0 radical (unpaired) electrons. The van der Waals surface area contributed by atoms with Crippen molar-refractivity contribution in [1.29, 1.82) is 0 Å². The van der Waals surface area contributed by atoms with E-state index in [-0.39, 0.29) is 0 Å². The van der Waals surface area contributed by atoms with E-state index in [1.165, 1.54) is 38.9 Å². The molecule has 112 valence electrons. The molecule has 0 aliphatic heterocycles. The molecular formula is C20H27N. The SMILES string of the molecule is CNC(Cc1c(C)cc(C)cc1C)c1c(C)cccc1C. The highest BCUT2D eigenvalue weighted by Gasteiger charge is 2.17. The van der Waals surface area contributed by atoms with Crippen LogP contribution in [0.3, 0.4) is 0 Å². The summed E-state index contributed by atoms with van der Waals surface area (Å²) in [7, 11) is 2.06. The number of likely N-dealkylation sites (N-methyl/N-ethyl adjacent to an activating group) is 1. The summed E-state index contributed by atoms with van der Waals surface area (Å²) < 4.78 is 0. The number of hydrogen-bond acceptors (Lipinski definition) is 1. The zero-order chi connectivity index (χ0) is 15.6. The van der Waals surface area contributed by atoms with Crippen LogP contribution in [0.2, 0.25) is 0 Å². The van der Waals surface area contributed by atoms with Gasteiger partial charge in [0.15, 0.2) is 0 Å². The molecule has 1 atom stereocenters. The van der Waals surface area contributed by atoms with E-state index in [0.29, 0.717) is 6.04 Å². The van der Waals surface area contributed by atoms with Crippen LogP contribution in [0.5, 0.6) is 0 Å². The van der Waals surface area contributed by atoms with Gasteiger partial charge >= 0.3 is 0 Å². The van der Waals surface area contributed by atoms with E-state index in [1.807, 2.05) is 0 Å². The first-order chi connectivity index (χ1) is 9.93. The molecule has 1 nitrogen and oxygen atoms in total. The minimum absolute atomic E-state index is 0.367. The van der Waals surface area contributed by atoms with Crippen molar-refractivity contribution < 1.29 is 0 Å². The maximum absolute atomic E-state index is 3.52. The van der Waals surface area contributed by atoms with E-state index < -0.39 is 0 Å². The Morgan fingerprint density at radius 3 is 1.86 bits per heavy atom. The highest BCUT2D eigenvalue weighted by molar-refractivity contribution is 5.41. The molecule has 0 fully saturated rings. The van der Waals surface area contributed by atoms with Crippen molar-refractivity contribution in [1.82, 2.24) is 5.32 Å². The van der Waals surface area contributed by atoms with Crippen LogP contribution in [0.25, 0.3) is 0 Å². The molecule has 0 aromatic heterocycles. The van der Waals surface area contributed by atoms with Gasteiger partial charge in [-0.25, -0.2) is 0 Å². The number of benzene rings is 2. The Kier molecular flexibility index (Phi) is 4.84. The first-order valence-corrected chi connectivity index (χ1v) is 7.74. The van der Waals surface area contributed by atoms with Crippen molar-refractivity contribution in [2.75, 3.05) is 7.05 Å². The minimum atomic E-state index is 0.367. The Morgan fingerprint density at radius 2 is 1.38 bits per heavy atom. The smallest absolute Gasteiger partial charge is 0.0363 e. The lowest BCUT2D eigenvalue weighted by atomic mass is 9.88. The van der Waals surface area contributed by atoms with Crippen molar-refractivity contribution in [3.05, 3.63) is 69.3 Å². The van der Waals surface area contributed by atoms with Crippen LogP contribution in [0.15, 0.2) is 30.3 Å². The summed E-state index contributed by atoms with van der Waals surface area (Å²) >= 11 is 0. The average Bonchev–Trinajstić information content (AvgIpc) is 2.40. The molecule has 1 N–H and O–H groups in total. The van der Waals surface area contributed by atoms with Gasteiger partial charge in [0.1, 0.15) is 0 Å². The Hall–Kier alpha value is -1.60. The lowest BCUT2D eigenvalue weighted by Crippen LogP contribution is -2.21. The van der Waals surface area contributed by atoms with E-state index in [2.05, 4.69) is 77.3 Å². The molecule has 1 heteroatoms. The van der Waals surface area contributed by atoms with Gasteiger partial charge in [-0.2, -0.15) is 0 Å². The quantitative estimate of drug-likeness (QED) is 0.854. The largest absolute Gasteiger partial charge is 0.313 e. The van der Waals surface area contributed by atoms with Gasteiger partial charge in [0.25, 0.3) is 0 Å². The van der Waals surface area contributed by atoms with Crippen molar-refractivity contribution in [3.8, 4) is 0 Å². The van der Waals surface area contributed by atoms with Crippen molar-refractivity contribution in [2.24, 2.45) is 0 Å². The highest BCUT2D eigenvalue weighted by Crippen LogP contribution is 2.28. The minimum Gasteiger partial charge on any atom is -0.313 e. The third-order valence-electron chi connectivity index (χ3n) is 4.49. The third kappa shape index (κ3) is 3.36. The van der Waals surface area contributed by atoms with Gasteiger partial charge in [-0.3, -0.25) is 0 Å². The van der Waals surface area contributed by atoms with Gasteiger partial charge in [0.05, 0.1) is 0 Å². The first-order valence-electron chi connectivity index (χ1n) is 7.74. The fourth-order valence-corrected chi connectivity index (χ4v) is 3.46. The molecule has 0 bridgehead atoms. The van der Waals surface area contributed by atoms with Crippen LogP contribution in [-0.2, 0) is 6.42 Å². The Bertz CT molecular complexity index is 597. The van der Waals surface area contributed by atoms with Crippen molar-refractivity contribution in [3.63, 3.8) is 0 Å². The third-order valence-corrected chi connectivity index (χ3v) is 4.49.